The van der Waals surface area contributed by atoms with Crippen LogP contribution in [0, 0.1) is 6.92 Å². The van der Waals surface area contributed by atoms with Crippen LogP contribution in [0.25, 0.3) is 0 Å². The molecule has 0 aliphatic carbocycles. The van der Waals surface area contributed by atoms with Crippen molar-refractivity contribution in [1.29, 1.82) is 0 Å². The smallest absolute Gasteiger partial charge is 0.254 e. The van der Waals surface area contributed by atoms with Gasteiger partial charge in [0.2, 0.25) is 10.0 Å². The molecule has 32 heavy (non-hydrogen) atoms. The fourth-order valence-electron chi connectivity index (χ4n) is 3.08. The predicted octanol–water partition coefficient (Wildman–Crippen LogP) is 3.63. The van der Waals surface area contributed by atoms with Gasteiger partial charge in [-0.2, -0.15) is 4.31 Å². The number of rotatable bonds is 10. The van der Waals surface area contributed by atoms with E-state index in [1.54, 1.807) is 42.6 Å². The second-order valence-corrected chi connectivity index (χ2v) is 9.89. The van der Waals surface area contributed by atoms with E-state index in [1.807, 2.05) is 26.8 Å². The Labute approximate surface area is 192 Å². The monoisotopic (exact) mass is 474 g/mol. The molecule has 1 aromatic carbocycles. The summed E-state index contributed by atoms with van der Waals surface area (Å²) in [5, 5.41) is 7.44. The summed E-state index contributed by atoms with van der Waals surface area (Å²) in [5.41, 5.74) is 2.05. The van der Waals surface area contributed by atoms with Gasteiger partial charge in [-0.1, -0.05) is 42.9 Å². The van der Waals surface area contributed by atoms with Crippen LogP contribution < -0.4 is 5.32 Å². The summed E-state index contributed by atoms with van der Waals surface area (Å²) in [6, 6.07) is 11.8. The van der Waals surface area contributed by atoms with Crippen LogP contribution in [-0.4, -0.2) is 41.9 Å². The lowest BCUT2D eigenvalue weighted by molar-refractivity contribution is 0.0947. The highest BCUT2D eigenvalue weighted by Crippen LogP contribution is 2.24. The molecular formula is C22H26N4O4S2. The quantitative estimate of drug-likeness (QED) is 0.447. The Balaban J connectivity index is 1.63. The van der Waals surface area contributed by atoms with E-state index in [0.717, 1.165) is 17.0 Å². The van der Waals surface area contributed by atoms with Gasteiger partial charge in [0.05, 0.1) is 16.2 Å². The number of sulfonamides is 1. The van der Waals surface area contributed by atoms with Gasteiger partial charge in [-0.05, 0) is 36.8 Å². The van der Waals surface area contributed by atoms with Crippen molar-refractivity contribution in [1.82, 2.24) is 19.8 Å². The summed E-state index contributed by atoms with van der Waals surface area (Å²) >= 11 is 1.41. The number of nitrogens with one attached hydrogen (secondary N) is 1. The minimum absolute atomic E-state index is 0.241. The molecule has 0 radical (unpaired) electrons. The van der Waals surface area contributed by atoms with Gasteiger partial charge in [0.1, 0.15) is 10.8 Å². The van der Waals surface area contributed by atoms with Gasteiger partial charge in [-0.15, -0.1) is 0 Å². The molecule has 0 saturated heterocycles. The largest absolute Gasteiger partial charge is 0.361 e. The number of aromatic nitrogens is 2. The molecule has 0 aliphatic rings. The fraction of sp³-hybridized carbons (Fsp3) is 0.318. The van der Waals surface area contributed by atoms with Crippen molar-refractivity contribution >= 4 is 27.7 Å². The summed E-state index contributed by atoms with van der Waals surface area (Å²) in [4.78, 5) is 17.3. The Morgan fingerprint density at radius 3 is 2.50 bits per heavy atom. The molecule has 0 bridgehead atoms. The first-order valence-electron chi connectivity index (χ1n) is 10.2. The molecular weight excluding hydrogens is 448 g/mol. The van der Waals surface area contributed by atoms with Gasteiger partial charge in [-0.3, -0.25) is 4.79 Å². The second kappa shape index (κ2) is 10.8. The Hall–Kier alpha value is -2.69. The highest BCUT2D eigenvalue weighted by Gasteiger charge is 2.21. The van der Waals surface area contributed by atoms with Crippen LogP contribution in [0.15, 0.2) is 63.1 Å². The van der Waals surface area contributed by atoms with Crippen LogP contribution in [0.5, 0.6) is 0 Å². The maximum absolute atomic E-state index is 12.7. The molecule has 8 nitrogen and oxygen atoms in total. The van der Waals surface area contributed by atoms with Crippen molar-refractivity contribution in [2.45, 2.75) is 43.0 Å². The molecule has 0 unspecified atom stereocenters. The van der Waals surface area contributed by atoms with Gasteiger partial charge in [0.25, 0.3) is 5.91 Å². The maximum Gasteiger partial charge on any atom is 0.254 e. The van der Waals surface area contributed by atoms with E-state index in [2.05, 4.69) is 15.5 Å². The van der Waals surface area contributed by atoms with Gasteiger partial charge in [0, 0.05) is 37.7 Å². The highest BCUT2D eigenvalue weighted by molar-refractivity contribution is 7.98. The van der Waals surface area contributed by atoms with E-state index in [0.29, 0.717) is 29.4 Å². The van der Waals surface area contributed by atoms with Crippen LogP contribution in [0.4, 0.5) is 0 Å². The van der Waals surface area contributed by atoms with Crippen molar-refractivity contribution in [3.63, 3.8) is 0 Å². The Morgan fingerprint density at radius 1 is 1.16 bits per heavy atom. The number of aryl methyl sites for hydroxylation is 1. The highest BCUT2D eigenvalue weighted by atomic mass is 32.2. The number of carbonyl (C=O) groups is 1. The Bertz CT molecular complexity index is 1160. The van der Waals surface area contributed by atoms with Gasteiger partial charge < -0.3 is 9.84 Å². The first kappa shape index (κ1) is 24.0. The number of hydrogen-bond acceptors (Lipinski definition) is 7. The molecule has 3 rings (SSSR count). The summed E-state index contributed by atoms with van der Waals surface area (Å²) in [6.45, 7) is 6.54. The van der Waals surface area contributed by atoms with Crippen molar-refractivity contribution in [2.75, 3.05) is 13.1 Å². The lowest BCUT2D eigenvalue weighted by Crippen LogP contribution is -2.30. The molecule has 10 heteroatoms. The molecule has 2 heterocycles. The zero-order chi connectivity index (χ0) is 23.1. The average molecular weight is 475 g/mol. The number of nitrogens with zero attached hydrogens (tertiary/aromatic N) is 3. The molecule has 1 amide bonds. The zero-order valence-corrected chi connectivity index (χ0v) is 19.9. The molecule has 0 saturated carbocycles. The third-order valence-electron chi connectivity index (χ3n) is 4.77. The maximum atomic E-state index is 12.7. The lowest BCUT2D eigenvalue weighted by atomic mass is 10.2. The van der Waals surface area contributed by atoms with Crippen LogP contribution in [0.1, 0.15) is 41.2 Å². The molecule has 3 aromatic rings. The van der Waals surface area contributed by atoms with E-state index in [9.17, 15) is 13.2 Å². The van der Waals surface area contributed by atoms with Crippen molar-refractivity contribution in [3.8, 4) is 0 Å². The zero-order valence-electron chi connectivity index (χ0n) is 18.2. The number of pyridine rings is 1. The minimum atomic E-state index is -3.50. The van der Waals surface area contributed by atoms with Crippen LogP contribution in [0.2, 0.25) is 0 Å². The Kier molecular flexibility index (Phi) is 8.05. The Morgan fingerprint density at radius 2 is 1.88 bits per heavy atom. The lowest BCUT2D eigenvalue weighted by Gasteiger charge is -2.18. The van der Waals surface area contributed by atoms with Crippen molar-refractivity contribution in [3.05, 3.63) is 71.2 Å². The van der Waals surface area contributed by atoms with Crippen LogP contribution >= 0.6 is 11.8 Å². The van der Waals surface area contributed by atoms with Crippen LogP contribution in [0.3, 0.4) is 0 Å². The molecule has 0 aliphatic heterocycles. The van der Waals surface area contributed by atoms with E-state index < -0.39 is 10.0 Å². The van der Waals surface area contributed by atoms with Crippen molar-refractivity contribution < 1.29 is 17.7 Å². The predicted molar refractivity (Wildman–Crippen MR) is 123 cm³/mol. The number of benzene rings is 1. The number of thioether (sulfide) groups is 1. The minimum Gasteiger partial charge on any atom is -0.361 e. The molecule has 170 valence electrons. The van der Waals surface area contributed by atoms with Gasteiger partial charge in [-0.25, -0.2) is 13.4 Å². The van der Waals surface area contributed by atoms with Crippen molar-refractivity contribution in [2.24, 2.45) is 0 Å². The molecule has 0 spiro atoms. The number of carbonyl (C=O) groups excluding carboxylic acids is 1. The molecule has 2 aromatic heterocycles. The fourth-order valence-corrected chi connectivity index (χ4v) is 5.41. The second-order valence-electron chi connectivity index (χ2n) is 6.99. The van der Waals surface area contributed by atoms with Gasteiger partial charge >= 0.3 is 0 Å². The standard InChI is InChI=1S/C22H26N4O4S2/c1-4-26(5-2)32(28,29)19-10-8-17(9-11-19)14-24-21(27)20-7-6-12-23-22(20)31-15-18-13-16(3)30-25-18/h6-13H,4-5,14-15H2,1-3H3,(H,24,27). The first-order valence-corrected chi connectivity index (χ1v) is 12.6. The van der Waals surface area contributed by atoms with E-state index in [1.165, 1.54) is 16.1 Å². The van der Waals surface area contributed by atoms with Gasteiger partial charge in [0.15, 0.2) is 0 Å². The summed E-state index contributed by atoms with van der Waals surface area (Å²) < 4.78 is 31.7. The summed E-state index contributed by atoms with van der Waals surface area (Å²) in [6.07, 6.45) is 1.64. The molecule has 0 fully saturated rings. The molecule has 0 atom stereocenters. The normalized spacial score (nSPS) is 11.6. The summed E-state index contributed by atoms with van der Waals surface area (Å²) in [5.74, 6) is 1.02. The van der Waals surface area contributed by atoms with Crippen LogP contribution in [-0.2, 0) is 22.3 Å². The first-order chi connectivity index (χ1) is 15.3. The third-order valence-corrected chi connectivity index (χ3v) is 7.87. The number of amides is 1. The average Bonchev–Trinajstić information content (AvgIpc) is 3.22. The topological polar surface area (TPSA) is 105 Å². The molecule has 1 N–H and O–H groups in total. The van der Waals surface area contributed by atoms with E-state index in [4.69, 9.17) is 4.52 Å². The van der Waals surface area contributed by atoms with E-state index >= 15 is 0 Å². The summed E-state index contributed by atoms with van der Waals surface area (Å²) in [7, 11) is -3.50. The van der Waals surface area contributed by atoms with E-state index in [-0.39, 0.29) is 17.3 Å². The third kappa shape index (κ3) is 5.76. The SMILES string of the molecule is CCN(CC)S(=O)(=O)c1ccc(CNC(=O)c2cccnc2SCc2cc(C)on2)cc1. The number of hydrogen-bond donors (Lipinski definition) is 1.